The fraction of sp³-hybridized carbons (Fsp3) is 0.333. The van der Waals surface area contributed by atoms with Gasteiger partial charge in [-0.2, -0.15) is 4.98 Å². The zero-order chi connectivity index (χ0) is 25.4. The summed E-state index contributed by atoms with van der Waals surface area (Å²) in [5, 5.41) is 6.38. The summed E-state index contributed by atoms with van der Waals surface area (Å²) in [4.78, 5) is 11.1. The molecule has 0 unspecified atom stereocenters. The number of halogens is 3. The van der Waals surface area contributed by atoms with Gasteiger partial charge in [-0.15, -0.1) is 13.2 Å². The molecule has 0 radical (unpaired) electrons. The van der Waals surface area contributed by atoms with Gasteiger partial charge in [-0.1, -0.05) is 12.1 Å². The Kier molecular flexibility index (Phi) is 8.58. The second-order valence-electron chi connectivity index (χ2n) is 7.85. The van der Waals surface area contributed by atoms with E-state index in [1.165, 1.54) is 18.2 Å². The topological polar surface area (TPSA) is 80.8 Å². The van der Waals surface area contributed by atoms with E-state index < -0.39 is 6.36 Å². The molecule has 0 spiro atoms. The first-order valence-corrected chi connectivity index (χ1v) is 10.8. The van der Waals surface area contributed by atoms with Crippen LogP contribution in [-0.4, -0.2) is 62.6 Å². The van der Waals surface area contributed by atoms with Gasteiger partial charge in [0.25, 0.3) is 0 Å². The molecular formula is C24H28F3N5O3. The van der Waals surface area contributed by atoms with E-state index in [4.69, 9.17) is 9.47 Å². The highest BCUT2D eigenvalue weighted by molar-refractivity contribution is 5.69. The Morgan fingerprint density at radius 2 is 1.63 bits per heavy atom. The highest BCUT2D eigenvalue weighted by Gasteiger charge is 2.31. The normalized spacial score (nSPS) is 11.3. The Labute approximate surface area is 202 Å². The van der Waals surface area contributed by atoms with Gasteiger partial charge in [0.2, 0.25) is 5.95 Å². The number of rotatable bonds is 11. The number of benzene rings is 2. The molecule has 2 aromatic carbocycles. The van der Waals surface area contributed by atoms with Gasteiger partial charge >= 0.3 is 6.36 Å². The molecule has 0 aliphatic carbocycles. The van der Waals surface area contributed by atoms with Crippen LogP contribution in [0.4, 0.5) is 30.6 Å². The summed E-state index contributed by atoms with van der Waals surface area (Å²) in [6.45, 7) is 1.49. The van der Waals surface area contributed by atoms with Crippen LogP contribution >= 0.6 is 0 Å². The number of alkyl halides is 3. The molecule has 1 aromatic heterocycles. The highest BCUT2D eigenvalue weighted by Crippen LogP contribution is 2.31. The first-order valence-electron chi connectivity index (χ1n) is 10.8. The van der Waals surface area contributed by atoms with Gasteiger partial charge in [0.1, 0.15) is 23.1 Å². The SMILES string of the molecule is COc1cc(Nc2cc(-c3cccc(OC(F)(F)F)c3)nc(NCCCN(C)C)n2)cc(OC)c1. The van der Waals surface area contributed by atoms with Crippen molar-refractivity contribution in [2.75, 3.05) is 52.0 Å². The van der Waals surface area contributed by atoms with Crippen molar-refractivity contribution in [1.29, 1.82) is 0 Å². The van der Waals surface area contributed by atoms with Gasteiger partial charge < -0.3 is 29.7 Å². The number of nitrogens with zero attached hydrogens (tertiary/aromatic N) is 3. The van der Waals surface area contributed by atoms with Crippen molar-refractivity contribution in [3.63, 3.8) is 0 Å². The largest absolute Gasteiger partial charge is 0.573 e. The Morgan fingerprint density at radius 1 is 0.914 bits per heavy atom. The lowest BCUT2D eigenvalue weighted by Gasteiger charge is -2.14. The minimum atomic E-state index is -4.79. The number of aromatic nitrogens is 2. The molecule has 0 aliphatic heterocycles. The average Bonchev–Trinajstić information content (AvgIpc) is 2.80. The van der Waals surface area contributed by atoms with Crippen LogP contribution in [0.3, 0.4) is 0 Å². The van der Waals surface area contributed by atoms with Crippen LogP contribution in [0, 0.1) is 0 Å². The molecule has 35 heavy (non-hydrogen) atoms. The van der Waals surface area contributed by atoms with E-state index in [-0.39, 0.29) is 5.75 Å². The third-order valence-corrected chi connectivity index (χ3v) is 4.78. The monoisotopic (exact) mass is 491 g/mol. The summed E-state index contributed by atoms with van der Waals surface area (Å²) in [6, 6.07) is 12.6. The van der Waals surface area contributed by atoms with Crippen LogP contribution in [0.5, 0.6) is 17.2 Å². The van der Waals surface area contributed by atoms with E-state index >= 15 is 0 Å². The van der Waals surface area contributed by atoms with Crippen molar-refractivity contribution >= 4 is 17.5 Å². The fourth-order valence-electron chi connectivity index (χ4n) is 3.21. The molecule has 0 fully saturated rings. The van der Waals surface area contributed by atoms with E-state index in [1.807, 2.05) is 14.1 Å². The fourth-order valence-corrected chi connectivity index (χ4v) is 3.21. The molecule has 0 amide bonds. The summed E-state index contributed by atoms with van der Waals surface area (Å²) >= 11 is 0. The molecule has 1 heterocycles. The van der Waals surface area contributed by atoms with Crippen molar-refractivity contribution in [2.24, 2.45) is 0 Å². The lowest BCUT2D eigenvalue weighted by molar-refractivity contribution is -0.274. The van der Waals surface area contributed by atoms with Gasteiger partial charge in [-0.25, -0.2) is 4.98 Å². The van der Waals surface area contributed by atoms with Crippen molar-refractivity contribution in [2.45, 2.75) is 12.8 Å². The minimum absolute atomic E-state index is 0.332. The maximum absolute atomic E-state index is 12.7. The summed E-state index contributed by atoms with van der Waals surface area (Å²) in [5.74, 6) is 1.60. The predicted molar refractivity (Wildman–Crippen MR) is 129 cm³/mol. The van der Waals surface area contributed by atoms with E-state index in [0.717, 1.165) is 13.0 Å². The third kappa shape index (κ3) is 8.21. The lowest BCUT2D eigenvalue weighted by Crippen LogP contribution is -2.17. The van der Waals surface area contributed by atoms with Gasteiger partial charge in [0.05, 0.1) is 19.9 Å². The number of hydrogen-bond donors (Lipinski definition) is 2. The first kappa shape index (κ1) is 25.9. The van der Waals surface area contributed by atoms with Gasteiger partial charge in [0, 0.05) is 42.1 Å². The van der Waals surface area contributed by atoms with Crippen molar-refractivity contribution < 1.29 is 27.4 Å². The summed E-state index contributed by atoms with van der Waals surface area (Å²) in [7, 11) is 7.06. The predicted octanol–water partition coefficient (Wildman–Crippen LogP) is 5.17. The Hall–Kier alpha value is -3.73. The Balaban J connectivity index is 1.94. The maximum Gasteiger partial charge on any atom is 0.573 e. The van der Waals surface area contributed by atoms with Crippen LogP contribution < -0.4 is 24.8 Å². The second-order valence-corrected chi connectivity index (χ2v) is 7.85. The van der Waals surface area contributed by atoms with Crippen LogP contribution in [-0.2, 0) is 0 Å². The van der Waals surface area contributed by atoms with Crippen LogP contribution in [0.1, 0.15) is 6.42 Å². The molecular weight excluding hydrogens is 463 g/mol. The number of nitrogens with one attached hydrogen (secondary N) is 2. The summed E-state index contributed by atoms with van der Waals surface area (Å²) in [5.41, 5.74) is 1.51. The van der Waals surface area contributed by atoms with Crippen LogP contribution in [0.25, 0.3) is 11.3 Å². The van der Waals surface area contributed by atoms with E-state index in [0.29, 0.717) is 46.8 Å². The van der Waals surface area contributed by atoms with Crippen molar-refractivity contribution in [3.05, 3.63) is 48.5 Å². The van der Waals surface area contributed by atoms with E-state index in [9.17, 15) is 13.2 Å². The number of methoxy groups -OCH3 is 2. The van der Waals surface area contributed by atoms with Gasteiger partial charge in [-0.05, 0) is 39.2 Å². The Morgan fingerprint density at radius 3 is 2.26 bits per heavy atom. The quantitative estimate of drug-likeness (QED) is 0.356. The zero-order valence-corrected chi connectivity index (χ0v) is 19.9. The maximum atomic E-state index is 12.7. The molecule has 3 aromatic rings. The molecule has 8 nitrogen and oxygen atoms in total. The molecule has 0 saturated heterocycles. The molecule has 11 heteroatoms. The van der Waals surface area contributed by atoms with Gasteiger partial charge in [-0.3, -0.25) is 0 Å². The molecule has 3 rings (SSSR count). The second kappa shape index (κ2) is 11.6. The number of anilines is 3. The number of ether oxygens (including phenoxy) is 3. The van der Waals surface area contributed by atoms with Gasteiger partial charge in [0.15, 0.2) is 0 Å². The highest BCUT2D eigenvalue weighted by atomic mass is 19.4. The third-order valence-electron chi connectivity index (χ3n) is 4.78. The van der Waals surface area contributed by atoms with Crippen LogP contribution in [0.2, 0.25) is 0 Å². The van der Waals surface area contributed by atoms with Crippen LogP contribution in [0.15, 0.2) is 48.5 Å². The molecule has 2 N–H and O–H groups in total. The average molecular weight is 492 g/mol. The molecule has 0 saturated carbocycles. The smallest absolute Gasteiger partial charge is 0.497 e. The van der Waals surface area contributed by atoms with E-state index in [2.05, 4.69) is 30.2 Å². The minimum Gasteiger partial charge on any atom is -0.497 e. The summed E-state index contributed by atoms with van der Waals surface area (Å²) < 4.78 is 52.8. The standard InChI is InChI=1S/C24H28F3N5O3/c1-32(2)10-6-9-28-23-30-21(16-7-5-8-18(11-16)35-24(25,26)27)15-22(31-23)29-17-12-19(33-3)14-20(13-17)34-4/h5,7-8,11-15H,6,9-10H2,1-4H3,(H2,28,29,30,31). The van der Waals surface area contributed by atoms with Crippen molar-refractivity contribution in [3.8, 4) is 28.5 Å². The number of hydrogen-bond acceptors (Lipinski definition) is 8. The molecule has 188 valence electrons. The molecule has 0 atom stereocenters. The molecule has 0 bridgehead atoms. The molecule has 0 aliphatic rings. The van der Waals surface area contributed by atoms with Crippen molar-refractivity contribution in [1.82, 2.24) is 14.9 Å². The summed E-state index contributed by atoms with van der Waals surface area (Å²) in [6.07, 6.45) is -3.94. The lowest BCUT2D eigenvalue weighted by atomic mass is 10.1. The first-order chi connectivity index (χ1) is 16.6. The zero-order valence-electron chi connectivity index (χ0n) is 19.9. The van der Waals surface area contributed by atoms with E-state index in [1.54, 1.807) is 44.6 Å². The Bertz CT molecular complexity index is 1100.